The molecule has 1 aliphatic heterocycles. The van der Waals surface area contributed by atoms with E-state index in [0.717, 1.165) is 25.8 Å². The molecule has 2 aromatic heterocycles. The highest BCUT2D eigenvalue weighted by atomic mass is 19.1. The Bertz CT molecular complexity index is 1030. The van der Waals surface area contributed by atoms with Crippen LogP contribution >= 0.6 is 0 Å². The number of nitrogens with two attached hydrogens (primary N) is 1. The van der Waals surface area contributed by atoms with Crippen molar-refractivity contribution in [2.24, 2.45) is 0 Å². The van der Waals surface area contributed by atoms with Crippen LogP contribution in [0.1, 0.15) is 31.9 Å². The molecular formula is C22H28FN7O2. The minimum Gasteiger partial charge on any atom is -0.494 e. The Labute approximate surface area is 186 Å². The van der Waals surface area contributed by atoms with E-state index in [-0.39, 0.29) is 30.2 Å². The van der Waals surface area contributed by atoms with Gasteiger partial charge in [0.2, 0.25) is 17.8 Å². The van der Waals surface area contributed by atoms with Crippen molar-refractivity contribution in [3.8, 4) is 5.75 Å². The lowest BCUT2D eigenvalue weighted by Gasteiger charge is -2.25. The Morgan fingerprint density at radius 2 is 2.22 bits per heavy atom. The van der Waals surface area contributed by atoms with Crippen LogP contribution in [0.25, 0.3) is 0 Å². The van der Waals surface area contributed by atoms with Crippen LogP contribution in [0.15, 0.2) is 41.0 Å². The molecule has 1 aromatic carbocycles. The van der Waals surface area contributed by atoms with Crippen molar-refractivity contribution >= 4 is 23.5 Å². The Morgan fingerprint density at radius 1 is 1.34 bits per heavy atom. The van der Waals surface area contributed by atoms with E-state index in [1.54, 1.807) is 29.4 Å². The number of anilines is 4. The van der Waals surface area contributed by atoms with Gasteiger partial charge in [-0.2, -0.15) is 15.0 Å². The van der Waals surface area contributed by atoms with Crippen LogP contribution in [0.2, 0.25) is 0 Å². The number of rotatable bonds is 9. The average molecular weight is 442 g/mol. The number of halogens is 1. The van der Waals surface area contributed by atoms with E-state index in [0.29, 0.717) is 23.4 Å². The molecule has 1 saturated heterocycles. The first-order valence-corrected chi connectivity index (χ1v) is 10.7. The number of nitrogens with one attached hydrogen (secondary N) is 2. The number of nitrogen functional groups attached to an aromatic ring is 1. The van der Waals surface area contributed by atoms with Gasteiger partial charge >= 0.3 is 0 Å². The molecule has 0 aliphatic carbocycles. The van der Waals surface area contributed by atoms with E-state index < -0.39 is 5.82 Å². The molecule has 9 nitrogen and oxygen atoms in total. The summed E-state index contributed by atoms with van der Waals surface area (Å²) in [6.45, 7) is 3.41. The first-order chi connectivity index (χ1) is 15.6. The minimum absolute atomic E-state index is 0.0742. The second kappa shape index (κ2) is 9.82. The van der Waals surface area contributed by atoms with Gasteiger partial charge in [-0.3, -0.25) is 0 Å². The molecule has 2 unspecified atom stereocenters. The summed E-state index contributed by atoms with van der Waals surface area (Å²) in [6.07, 6.45) is 4.72. The van der Waals surface area contributed by atoms with Gasteiger partial charge in [0.1, 0.15) is 5.76 Å². The van der Waals surface area contributed by atoms with Crippen molar-refractivity contribution in [3.63, 3.8) is 0 Å². The van der Waals surface area contributed by atoms with E-state index in [4.69, 9.17) is 14.9 Å². The van der Waals surface area contributed by atoms with E-state index in [2.05, 4.69) is 32.5 Å². The van der Waals surface area contributed by atoms with Crippen molar-refractivity contribution in [2.45, 2.75) is 44.8 Å². The summed E-state index contributed by atoms with van der Waals surface area (Å²) in [4.78, 5) is 14.9. The first kappa shape index (κ1) is 21.8. The molecule has 1 aliphatic rings. The third kappa shape index (κ3) is 4.91. The van der Waals surface area contributed by atoms with Crippen LogP contribution in [-0.2, 0) is 6.54 Å². The van der Waals surface area contributed by atoms with Crippen molar-refractivity contribution < 1.29 is 13.5 Å². The van der Waals surface area contributed by atoms with Gasteiger partial charge in [-0.25, -0.2) is 4.39 Å². The summed E-state index contributed by atoms with van der Waals surface area (Å²) >= 11 is 0. The fourth-order valence-corrected chi connectivity index (χ4v) is 3.93. The Hall–Kier alpha value is -3.40. The minimum atomic E-state index is -0.492. The lowest BCUT2D eigenvalue weighted by atomic mass is 10.0. The predicted octanol–water partition coefficient (Wildman–Crippen LogP) is 3.48. The second-order valence-corrected chi connectivity index (χ2v) is 7.66. The molecule has 10 heteroatoms. The van der Waals surface area contributed by atoms with Gasteiger partial charge < -0.3 is 30.4 Å². The summed E-state index contributed by atoms with van der Waals surface area (Å²) in [5, 5.41) is 6.91. The van der Waals surface area contributed by atoms with E-state index in [1.165, 1.54) is 13.2 Å². The highest BCUT2D eigenvalue weighted by Gasteiger charge is 2.25. The molecule has 0 spiro atoms. The maximum Gasteiger partial charge on any atom is 0.236 e. The molecular weight excluding hydrogens is 413 g/mol. The third-order valence-electron chi connectivity index (χ3n) is 5.56. The number of methoxy groups -OCH3 is 1. The largest absolute Gasteiger partial charge is 0.494 e. The Balaban J connectivity index is 1.68. The van der Waals surface area contributed by atoms with Crippen molar-refractivity contribution in [1.29, 1.82) is 0 Å². The monoisotopic (exact) mass is 441 g/mol. The average Bonchev–Trinajstić information content (AvgIpc) is 3.50. The smallest absolute Gasteiger partial charge is 0.236 e. The number of hydrogen-bond acceptors (Lipinski definition) is 9. The molecule has 4 rings (SSSR count). The van der Waals surface area contributed by atoms with Crippen molar-refractivity contribution in [3.05, 3.63) is 48.2 Å². The van der Waals surface area contributed by atoms with Crippen LogP contribution in [0.5, 0.6) is 5.75 Å². The topological polar surface area (TPSA) is 114 Å². The zero-order valence-electron chi connectivity index (χ0n) is 18.2. The summed E-state index contributed by atoms with van der Waals surface area (Å²) in [6, 6.07) is 8.77. The number of ether oxygens (including phenoxy) is 1. The van der Waals surface area contributed by atoms with Gasteiger partial charge in [0.05, 0.1) is 19.9 Å². The lowest BCUT2D eigenvalue weighted by Crippen LogP contribution is -2.40. The Morgan fingerprint density at radius 3 is 2.88 bits per heavy atom. The van der Waals surface area contributed by atoms with Crippen LogP contribution in [0.3, 0.4) is 0 Å². The fourth-order valence-electron chi connectivity index (χ4n) is 3.93. The van der Waals surface area contributed by atoms with Crippen molar-refractivity contribution in [2.75, 3.05) is 29.6 Å². The van der Waals surface area contributed by atoms with Crippen molar-refractivity contribution in [1.82, 2.24) is 20.3 Å². The van der Waals surface area contributed by atoms with Gasteiger partial charge in [-0.15, -0.1) is 0 Å². The molecule has 170 valence electrons. The molecule has 3 aromatic rings. The van der Waals surface area contributed by atoms with Crippen LogP contribution in [0, 0.1) is 5.82 Å². The van der Waals surface area contributed by atoms with Gasteiger partial charge in [0.15, 0.2) is 11.6 Å². The van der Waals surface area contributed by atoms with E-state index in [1.807, 2.05) is 6.07 Å². The zero-order valence-corrected chi connectivity index (χ0v) is 18.2. The summed E-state index contributed by atoms with van der Waals surface area (Å²) in [5.74, 6) is 1.07. The molecule has 0 amide bonds. The van der Waals surface area contributed by atoms with Gasteiger partial charge in [0, 0.05) is 23.8 Å². The van der Waals surface area contributed by atoms with Gasteiger partial charge in [-0.1, -0.05) is 6.92 Å². The molecule has 0 bridgehead atoms. The predicted molar refractivity (Wildman–Crippen MR) is 120 cm³/mol. The summed E-state index contributed by atoms with van der Waals surface area (Å²) < 4.78 is 25.0. The fraction of sp³-hybridized carbons (Fsp3) is 0.409. The van der Waals surface area contributed by atoms with Gasteiger partial charge in [0.25, 0.3) is 0 Å². The number of benzene rings is 1. The normalized spacial score (nSPS) is 16.7. The molecule has 0 radical (unpaired) electrons. The third-order valence-corrected chi connectivity index (χ3v) is 5.56. The highest BCUT2D eigenvalue weighted by molar-refractivity contribution is 5.60. The lowest BCUT2D eigenvalue weighted by molar-refractivity contribution is 0.386. The highest BCUT2D eigenvalue weighted by Crippen LogP contribution is 2.30. The Kier molecular flexibility index (Phi) is 6.69. The maximum atomic E-state index is 14.5. The van der Waals surface area contributed by atoms with E-state index in [9.17, 15) is 4.39 Å². The summed E-state index contributed by atoms with van der Waals surface area (Å²) in [5.41, 5.74) is 6.56. The van der Waals surface area contributed by atoms with Gasteiger partial charge in [-0.05, 0) is 50.1 Å². The number of nitrogens with zero attached hydrogens (tertiary/aromatic N) is 4. The SMILES string of the molecule is CCC(Nc1nc(N)nc(N(Cc2ccco2)c2ccc(OC)c(F)c2)n1)C1CCCN1. The molecule has 32 heavy (non-hydrogen) atoms. The van der Waals surface area contributed by atoms with E-state index >= 15 is 0 Å². The van der Waals surface area contributed by atoms with Crippen LogP contribution in [-0.4, -0.2) is 40.7 Å². The number of aromatic nitrogens is 3. The number of hydrogen-bond donors (Lipinski definition) is 3. The molecule has 0 saturated carbocycles. The second-order valence-electron chi connectivity index (χ2n) is 7.66. The quantitative estimate of drug-likeness (QED) is 0.459. The standard InChI is InChI=1S/C22H28FN7O2/c1-3-17(18-7-4-10-25-18)26-21-27-20(24)28-22(29-21)30(13-15-6-5-11-32-15)14-8-9-19(31-2)16(23)12-14/h5-6,8-9,11-12,17-18,25H,3-4,7,10,13H2,1-2H3,(H3,24,26,27,28,29). The zero-order chi connectivity index (χ0) is 22.5. The first-order valence-electron chi connectivity index (χ1n) is 10.7. The molecule has 4 N–H and O–H groups in total. The van der Waals surface area contributed by atoms with Crippen LogP contribution < -0.4 is 26.0 Å². The molecule has 3 heterocycles. The molecule has 2 atom stereocenters. The number of furan rings is 1. The molecule has 1 fully saturated rings. The van der Waals surface area contributed by atoms with Crippen LogP contribution in [0.4, 0.5) is 27.9 Å². The summed E-state index contributed by atoms with van der Waals surface area (Å²) in [7, 11) is 1.42. The maximum absolute atomic E-state index is 14.5.